The lowest BCUT2D eigenvalue weighted by Crippen LogP contribution is -2.50. The van der Waals surface area contributed by atoms with Crippen molar-refractivity contribution in [2.24, 2.45) is 0 Å². The molecule has 0 atom stereocenters. The minimum Gasteiger partial charge on any atom is -0.237 e. The molecule has 270 valence electrons. The maximum absolute atomic E-state index is 5.41. The fraction of sp³-hybridized carbons (Fsp3) is 0.0385. The Bertz CT molecular complexity index is 2870. The van der Waals surface area contributed by atoms with Crippen molar-refractivity contribution in [1.29, 1.82) is 0 Å². The van der Waals surface area contributed by atoms with Gasteiger partial charge in [0.05, 0.1) is 17.1 Å². The van der Waals surface area contributed by atoms with Crippen LogP contribution in [0.2, 0.25) is 13.1 Å². The molecule has 7 aromatic carbocycles. The summed E-state index contributed by atoms with van der Waals surface area (Å²) in [4.78, 5) is 20.9. The zero-order chi connectivity index (χ0) is 38.3. The summed E-state index contributed by atoms with van der Waals surface area (Å²) in [5.74, 6) is 1.46. The standard InChI is InChI=1S/C52H38N4Si/c1-57(2)47-30-13-12-29-44(47)48-49(37-21-10-5-11-22-37)55-51(56-52(48)57)43-28-16-26-41(33-43)39-24-14-23-38(31-39)40-25-15-27-42(32-40)50-53-45(35-17-6-3-7-18-35)34-46(54-50)36-19-8-4-9-20-36/h3-34H,1-2H3. The molecule has 5 heteroatoms. The highest BCUT2D eigenvalue weighted by Crippen LogP contribution is 2.37. The van der Waals surface area contributed by atoms with Gasteiger partial charge in [-0.1, -0.05) is 183 Å². The Morgan fingerprint density at radius 3 is 1.26 bits per heavy atom. The molecule has 10 rings (SSSR count). The van der Waals surface area contributed by atoms with Crippen LogP contribution in [-0.4, -0.2) is 28.0 Å². The summed E-state index contributed by atoms with van der Waals surface area (Å²) < 4.78 is 0. The highest BCUT2D eigenvalue weighted by molar-refractivity contribution is 7.03. The van der Waals surface area contributed by atoms with Gasteiger partial charge >= 0.3 is 0 Å². The number of rotatable bonds is 7. The van der Waals surface area contributed by atoms with Crippen molar-refractivity contribution >= 4 is 18.6 Å². The van der Waals surface area contributed by atoms with Gasteiger partial charge in [-0.05, 0) is 57.3 Å². The summed E-state index contributed by atoms with van der Waals surface area (Å²) in [7, 11) is -2.06. The lowest BCUT2D eigenvalue weighted by atomic mass is 9.96. The minimum atomic E-state index is -2.06. The third-order valence-electron chi connectivity index (χ3n) is 11.1. The van der Waals surface area contributed by atoms with Crippen molar-refractivity contribution in [3.63, 3.8) is 0 Å². The van der Waals surface area contributed by atoms with Crippen molar-refractivity contribution < 1.29 is 0 Å². The number of hydrogen-bond donors (Lipinski definition) is 0. The summed E-state index contributed by atoms with van der Waals surface area (Å²) in [6.45, 7) is 4.82. The maximum atomic E-state index is 5.41. The first-order chi connectivity index (χ1) is 28.0. The van der Waals surface area contributed by atoms with Crippen molar-refractivity contribution in [2.45, 2.75) is 13.1 Å². The van der Waals surface area contributed by atoms with Crippen LogP contribution in [0.1, 0.15) is 0 Å². The van der Waals surface area contributed by atoms with E-state index in [1.807, 2.05) is 36.4 Å². The summed E-state index contributed by atoms with van der Waals surface area (Å²) in [6, 6.07) is 68.0. The van der Waals surface area contributed by atoms with E-state index in [2.05, 4.69) is 171 Å². The van der Waals surface area contributed by atoms with E-state index in [1.165, 1.54) is 21.6 Å². The quantitative estimate of drug-likeness (QED) is 0.152. The molecule has 0 saturated carbocycles. The van der Waals surface area contributed by atoms with Crippen molar-refractivity contribution in [3.8, 4) is 89.9 Å². The van der Waals surface area contributed by atoms with Crippen LogP contribution in [0, 0.1) is 0 Å². The fourth-order valence-electron chi connectivity index (χ4n) is 8.12. The predicted molar refractivity (Wildman–Crippen MR) is 238 cm³/mol. The molecular weight excluding hydrogens is 709 g/mol. The number of fused-ring (bicyclic) bond motifs is 3. The van der Waals surface area contributed by atoms with Crippen LogP contribution in [0.4, 0.5) is 0 Å². The maximum Gasteiger partial charge on any atom is 0.160 e. The van der Waals surface area contributed by atoms with Crippen LogP contribution in [0.25, 0.3) is 89.9 Å². The molecule has 1 aliphatic heterocycles. The summed E-state index contributed by atoms with van der Waals surface area (Å²) >= 11 is 0. The first-order valence-corrected chi connectivity index (χ1v) is 22.4. The Balaban J connectivity index is 1.03. The molecule has 0 unspecified atom stereocenters. The Morgan fingerprint density at radius 2 is 0.737 bits per heavy atom. The molecule has 3 heterocycles. The molecule has 0 fully saturated rings. The van der Waals surface area contributed by atoms with Crippen molar-refractivity contribution in [2.75, 3.05) is 0 Å². The summed E-state index contributed by atoms with van der Waals surface area (Å²) in [5.41, 5.74) is 14.9. The van der Waals surface area contributed by atoms with Crippen LogP contribution in [-0.2, 0) is 0 Å². The predicted octanol–water partition coefficient (Wildman–Crippen LogP) is 11.7. The van der Waals surface area contributed by atoms with E-state index in [0.717, 1.165) is 73.0 Å². The Labute approximate surface area is 334 Å². The monoisotopic (exact) mass is 746 g/mol. The third-order valence-corrected chi connectivity index (χ3v) is 14.4. The van der Waals surface area contributed by atoms with Gasteiger partial charge in [-0.2, -0.15) is 0 Å². The molecule has 4 nitrogen and oxygen atoms in total. The number of hydrogen-bond acceptors (Lipinski definition) is 4. The molecule has 0 radical (unpaired) electrons. The molecule has 9 aromatic rings. The second kappa shape index (κ2) is 14.2. The van der Waals surface area contributed by atoms with Gasteiger partial charge in [0.25, 0.3) is 0 Å². The van der Waals surface area contributed by atoms with Crippen molar-refractivity contribution in [1.82, 2.24) is 19.9 Å². The Hall–Kier alpha value is -7.08. The SMILES string of the molecule is C[Si]1(C)c2ccccc2-c2c(-c3ccccc3)nc(-c3cccc(-c4cccc(-c5cccc(-c6nc(-c7ccccc7)cc(-c7ccccc7)n6)c5)c4)c3)nc21. The normalized spacial score (nSPS) is 12.5. The minimum absolute atomic E-state index is 0.694. The van der Waals surface area contributed by atoms with Gasteiger partial charge in [0.1, 0.15) is 8.07 Å². The molecule has 0 amide bonds. The van der Waals surface area contributed by atoms with E-state index in [0.29, 0.717) is 5.82 Å². The van der Waals surface area contributed by atoms with E-state index in [1.54, 1.807) is 0 Å². The first-order valence-electron chi connectivity index (χ1n) is 19.4. The van der Waals surface area contributed by atoms with E-state index < -0.39 is 8.07 Å². The van der Waals surface area contributed by atoms with Gasteiger partial charge in [0.15, 0.2) is 11.6 Å². The fourth-order valence-corrected chi connectivity index (χ4v) is 11.0. The number of benzene rings is 7. The average Bonchev–Trinajstić information content (AvgIpc) is 3.52. The smallest absolute Gasteiger partial charge is 0.160 e. The van der Waals surface area contributed by atoms with Crippen LogP contribution in [0.5, 0.6) is 0 Å². The highest BCUT2D eigenvalue weighted by Gasteiger charge is 2.41. The van der Waals surface area contributed by atoms with E-state index in [9.17, 15) is 0 Å². The first kappa shape index (κ1) is 34.4. The van der Waals surface area contributed by atoms with Crippen LogP contribution < -0.4 is 10.5 Å². The largest absolute Gasteiger partial charge is 0.237 e. The molecule has 57 heavy (non-hydrogen) atoms. The molecule has 0 N–H and O–H groups in total. The van der Waals surface area contributed by atoms with Crippen LogP contribution >= 0.6 is 0 Å². The topological polar surface area (TPSA) is 51.6 Å². The van der Waals surface area contributed by atoms with Gasteiger partial charge < -0.3 is 0 Å². The lowest BCUT2D eigenvalue weighted by Gasteiger charge is -2.19. The van der Waals surface area contributed by atoms with Gasteiger partial charge in [0.2, 0.25) is 0 Å². The molecule has 0 aliphatic carbocycles. The van der Waals surface area contributed by atoms with Gasteiger partial charge in [0, 0.05) is 38.7 Å². The third kappa shape index (κ3) is 6.38. The summed E-state index contributed by atoms with van der Waals surface area (Å²) in [5, 5.41) is 2.62. The molecule has 0 saturated heterocycles. The Morgan fingerprint density at radius 1 is 0.333 bits per heavy atom. The van der Waals surface area contributed by atoms with Gasteiger partial charge in [-0.3, -0.25) is 0 Å². The van der Waals surface area contributed by atoms with Crippen LogP contribution in [0.3, 0.4) is 0 Å². The highest BCUT2D eigenvalue weighted by atomic mass is 28.3. The Kier molecular flexibility index (Phi) is 8.58. The zero-order valence-corrected chi connectivity index (χ0v) is 32.8. The second-order valence-corrected chi connectivity index (χ2v) is 19.4. The summed E-state index contributed by atoms with van der Waals surface area (Å²) in [6.07, 6.45) is 0. The van der Waals surface area contributed by atoms with Gasteiger partial charge in [-0.25, -0.2) is 19.9 Å². The molecule has 0 bridgehead atoms. The molecule has 2 aromatic heterocycles. The average molecular weight is 747 g/mol. The second-order valence-electron chi connectivity index (χ2n) is 15.1. The molecule has 1 aliphatic rings. The van der Waals surface area contributed by atoms with Crippen LogP contribution in [0.15, 0.2) is 194 Å². The number of aromatic nitrogens is 4. The van der Waals surface area contributed by atoms with E-state index in [-0.39, 0.29) is 0 Å². The van der Waals surface area contributed by atoms with Gasteiger partial charge in [-0.15, -0.1) is 0 Å². The lowest BCUT2D eigenvalue weighted by molar-refractivity contribution is 1.18. The molecule has 0 spiro atoms. The zero-order valence-electron chi connectivity index (χ0n) is 31.8. The van der Waals surface area contributed by atoms with E-state index >= 15 is 0 Å². The number of nitrogens with zero attached hydrogens (tertiary/aromatic N) is 4. The van der Waals surface area contributed by atoms with E-state index in [4.69, 9.17) is 19.9 Å². The van der Waals surface area contributed by atoms with Crippen molar-refractivity contribution in [3.05, 3.63) is 194 Å². The molecular formula is C52H38N4Si.